The van der Waals surface area contributed by atoms with E-state index in [1.54, 1.807) is 30.3 Å². The molecule has 2 rings (SSSR count). The van der Waals surface area contributed by atoms with Crippen molar-refractivity contribution in [3.63, 3.8) is 0 Å². The summed E-state index contributed by atoms with van der Waals surface area (Å²) in [6.45, 7) is 3.73. The number of carbonyl (C=O) groups is 1. The molecular weight excluding hydrogens is 307 g/mol. The van der Waals surface area contributed by atoms with E-state index in [0.717, 1.165) is 11.1 Å². The van der Waals surface area contributed by atoms with Crippen molar-refractivity contribution in [2.45, 2.75) is 19.9 Å². The van der Waals surface area contributed by atoms with Gasteiger partial charge in [0.05, 0.1) is 6.04 Å². The van der Waals surface area contributed by atoms with Gasteiger partial charge in [-0.3, -0.25) is 4.79 Å². The minimum Gasteiger partial charge on any atom is -0.399 e. The van der Waals surface area contributed by atoms with Gasteiger partial charge < -0.3 is 11.1 Å². The van der Waals surface area contributed by atoms with Gasteiger partial charge in [-0.15, -0.1) is 0 Å². The zero-order valence-corrected chi connectivity index (χ0v) is 13.3. The highest BCUT2D eigenvalue weighted by Crippen LogP contribution is 2.26. The molecule has 0 aliphatic heterocycles. The Morgan fingerprint density at radius 3 is 2.52 bits per heavy atom. The van der Waals surface area contributed by atoms with Crippen LogP contribution < -0.4 is 11.1 Å². The van der Waals surface area contributed by atoms with E-state index >= 15 is 0 Å². The average Bonchev–Trinajstić information content (AvgIpc) is 2.37. The van der Waals surface area contributed by atoms with E-state index in [0.29, 0.717) is 21.3 Å². The van der Waals surface area contributed by atoms with Gasteiger partial charge in [-0.2, -0.15) is 0 Å². The van der Waals surface area contributed by atoms with Crippen LogP contribution in [-0.2, 0) is 0 Å². The molecule has 3 nitrogen and oxygen atoms in total. The van der Waals surface area contributed by atoms with Crippen molar-refractivity contribution in [3.8, 4) is 0 Å². The smallest absolute Gasteiger partial charge is 0.252 e. The van der Waals surface area contributed by atoms with Gasteiger partial charge in [-0.05, 0) is 55.3 Å². The number of nitrogens with two attached hydrogens (primary N) is 1. The van der Waals surface area contributed by atoms with Crippen molar-refractivity contribution >= 4 is 34.8 Å². The third-order valence-corrected chi connectivity index (χ3v) is 3.83. The molecule has 2 aromatic rings. The first-order valence-corrected chi connectivity index (χ1v) is 7.26. The molecule has 21 heavy (non-hydrogen) atoms. The molecule has 1 atom stereocenters. The van der Waals surface area contributed by atoms with Gasteiger partial charge in [0.2, 0.25) is 0 Å². The number of hydrogen-bond acceptors (Lipinski definition) is 2. The minimum absolute atomic E-state index is 0.161. The third kappa shape index (κ3) is 3.69. The van der Waals surface area contributed by atoms with Crippen molar-refractivity contribution in [3.05, 3.63) is 63.1 Å². The van der Waals surface area contributed by atoms with Gasteiger partial charge in [0.1, 0.15) is 0 Å². The molecule has 0 bridgehead atoms. The maximum Gasteiger partial charge on any atom is 0.252 e. The predicted molar refractivity (Wildman–Crippen MR) is 87.9 cm³/mol. The number of halogens is 2. The second kappa shape index (κ2) is 6.37. The molecule has 1 unspecified atom stereocenters. The summed E-state index contributed by atoms with van der Waals surface area (Å²) in [5.41, 5.74) is 8.58. The van der Waals surface area contributed by atoms with Gasteiger partial charge in [-0.1, -0.05) is 29.3 Å². The van der Waals surface area contributed by atoms with Crippen LogP contribution in [0.2, 0.25) is 10.0 Å². The maximum absolute atomic E-state index is 12.3. The number of carbonyl (C=O) groups excluding carboxylic acids is 1. The number of amides is 1. The van der Waals surface area contributed by atoms with E-state index in [1.807, 2.05) is 19.9 Å². The molecule has 0 aromatic heterocycles. The maximum atomic E-state index is 12.3. The number of nitrogen functional groups attached to an aromatic ring is 1. The number of anilines is 1. The molecule has 0 aliphatic rings. The molecular formula is C16H16Cl2N2O. The van der Waals surface area contributed by atoms with Crippen molar-refractivity contribution < 1.29 is 4.79 Å². The van der Waals surface area contributed by atoms with E-state index < -0.39 is 0 Å². The lowest BCUT2D eigenvalue weighted by Crippen LogP contribution is -2.27. The second-order valence-electron chi connectivity index (χ2n) is 4.94. The lowest BCUT2D eigenvalue weighted by molar-refractivity contribution is 0.0939. The summed E-state index contributed by atoms with van der Waals surface area (Å²) < 4.78 is 0. The third-order valence-electron chi connectivity index (χ3n) is 3.27. The topological polar surface area (TPSA) is 55.1 Å². The van der Waals surface area contributed by atoms with Crippen LogP contribution >= 0.6 is 23.2 Å². The molecule has 2 aromatic carbocycles. The Labute approximate surface area is 134 Å². The molecule has 3 N–H and O–H groups in total. The monoisotopic (exact) mass is 322 g/mol. The van der Waals surface area contributed by atoms with Crippen LogP contribution in [0.4, 0.5) is 5.69 Å². The molecule has 0 aliphatic carbocycles. The quantitative estimate of drug-likeness (QED) is 0.824. The van der Waals surface area contributed by atoms with Crippen LogP contribution in [0.15, 0.2) is 36.4 Å². The summed E-state index contributed by atoms with van der Waals surface area (Å²) in [5.74, 6) is -0.161. The standard InChI is InChI=1S/C16H16Cl2N2O/c1-9-7-12(19)4-6-13(9)16(21)20-10(2)14-5-3-11(17)8-15(14)18/h3-8,10H,19H2,1-2H3,(H,20,21). The molecule has 0 heterocycles. The van der Waals surface area contributed by atoms with Gasteiger partial charge in [0, 0.05) is 21.3 Å². The van der Waals surface area contributed by atoms with Crippen LogP contribution in [0.3, 0.4) is 0 Å². The zero-order chi connectivity index (χ0) is 15.6. The van der Waals surface area contributed by atoms with Crippen molar-refractivity contribution in [1.29, 1.82) is 0 Å². The number of nitrogens with one attached hydrogen (secondary N) is 1. The second-order valence-corrected chi connectivity index (χ2v) is 5.78. The molecule has 0 radical (unpaired) electrons. The minimum atomic E-state index is -0.223. The molecule has 110 valence electrons. The fraction of sp³-hybridized carbons (Fsp3) is 0.188. The van der Waals surface area contributed by atoms with Crippen LogP contribution in [0.1, 0.15) is 34.5 Å². The predicted octanol–water partition coefficient (Wildman–Crippen LogP) is 4.38. The first kappa shape index (κ1) is 15.7. The van der Waals surface area contributed by atoms with Crippen LogP contribution in [-0.4, -0.2) is 5.91 Å². The zero-order valence-electron chi connectivity index (χ0n) is 11.8. The lowest BCUT2D eigenvalue weighted by Gasteiger charge is -2.17. The molecule has 5 heteroatoms. The Balaban J connectivity index is 2.18. The van der Waals surface area contributed by atoms with E-state index in [2.05, 4.69) is 5.32 Å². The Morgan fingerprint density at radius 2 is 1.90 bits per heavy atom. The van der Waals surface area contributed by atoms with Gasteiger partial charge in [0.25, 0.3) is 5.91 Å². The summed E-state index contributed by atoms with van der Waals surface area (Å²) in [5, 5.41) is 4.02. The van der Waals surface area contributed by atoms with Gasteiger partial charge in [-0.25, -0.2) is 0 Å². The first-order valence-electron chi connectivity index (χ1n) is 6.50. The first-order chi connectivity index (χ1) is 9.88. The SMILES string of the molecule is Cc1cc(N)ccc1C(=O)NC(C)c1ccc(Cl)cc1Cl. The Bertz CT molecular complexity index is 686. The van der Waals surface area contributed by atoms with Gasteiger partial charge >= 0.3 is 0 Å². The highest BCUT2D eigenvalue weighted by molar-refractivity contribution is 6.35. The fourth-order valence-electron chi connectivity index (χ4n) is 2.15. The van der Waals surface area contributed by atoms with Crippen LogP contribution in [0.5, 0.6) is 0 Å². The normalized spacial score (nSPS) is 12.0. The molecule has 0 spiro atoms. The summed E-state index contributed by atoms with van der Waals surface area (Å²) in [4.78, 5) is 12.3. The molecule has 1 amide bonds. The highest BCUT2D eigenvalue weighted by Gasteiger charge is 2.15. The average molecular weight is 323 g/mol. The summed E-state index contributed by atoms with van der Waals surface area (Å²) in [6, 6.07) is 10.2. The Morgan fingerprint density at radius 1 is 1.19 bits per heavy atom. The number of benzene rings is 2. The van der Waals surface area contributed by atoms with E-state index in [4.69, 9.17) is 28.9 Å². The summed E-state index contributed by atoms with van der Waals surface area (Å²) in [7, 11) is 0. The van der Waals surface area contributed by atoms with Crippen molar-refractivity contribution in [2.24, 2.45) is 0 Å². The largest absolute Gasteiger partial charge is 0.399 e. The number of hydrogen-bond donors (Lipinski definition) is 2. The van der Waals surface area contributed by atoms with Gasteiger partial charge in [0.15, 0.2) is 0 Å². The molecule has 0 saturated heterocycles. The van der Waals surface area contributed by atoms with Crippen molar-refractivity contribution in [1.82, 2.24) is 5.32 Å². The van der Waals surface area contributed by atoms with E-state index in [-0.39, 0.29) is 11.9 Å². The highest BCUT2D eigenvalue weighted by atomic mass is 35.5. The van der Waals surface area contributed by atoms with E-state index in [9.17, 15) is 4.79 Å². The lowest BCUT2D eigenvalue weighted by atomic mass is 10.0. The number of rotatable bonds is 3. The Hall–Kier alpha value is -1.71. The van der Waals surface area contributed by atoms with Crippen LogP contribution in [0.25, 0.3) is 0 Å². The summed E-state index contributed by atoms with van der Waals surface area (Å²) >= 11 is 12.0. The fourth-order valence-corrected chi connectivity index (χ4v) is 2.72. The van der Waals surface area contributed by atoms with E-state index in [1.165, 1.54) is 0 Å². The number of aryl methyl sites for hydroxylation is 1. The summed E-state index contributed by atoms with van der Waals surface area (Å²) in [6.07, 6.45) is 0. The van der Waals surface area contributed by atoms with Crippen LogP contribution in [0, 0.1) is 6.92 Å². The Kier molecular flexibility index (Phi) is 4.76. The molecule has 0 saturated carbocycles. The molecule has 0 fully saturated rings. The van der Waals surface area contributed by atoms with Crippen molar-refractivity contribution in [2.75, 3.05) is 5.73 Å².